The van der Waals surface area contributed by atoms with E-state index in [9.17, 15) is 4.79 Å². The van der Waals surface area contributed by atoms with Crippen LogP contribution in [0, 0.1) is 0 Å². The number of carbonyl (C=O) groups excluding carboxylic acids is 1. The van der Waals surface area contributed by atoms with E-state index in [2.05, 4.69) is 26.3 Å². The molecule has 1 aromatic carbocycles. The van der Waals surface area contributed by atoms with Crippen molar-refractivity contribution in [2.45, 2.75) is 43.8 Å². The Morgan fingerprint density at radius 1 is 1.25 bits per heavy atom. The van der Waals surface area contributed by atoms with E-state index in [-0.39, 0.29) is 5.91 Å². The molecule has 2 bridgehead atoms. The summed E-state index contributed by atoms with van der Waals surface area (Å²) in [5.74, 6) is 0.0599. The Bertz CT molecular complexity index is 730. The maximum absolute atomic E-state index is 12.8. The lowest BCUT2D eigenvalue weighted by Gasteiger charge is -2.35. The largest absolute Gasteiger partial charge is 0.339 e. The van der Waals surface area contributed by atoms with Gasteiger partial charge in [0, 0.05) is 35.8 Å². The maximum atomic E-state index is 12.8. The minimum absolute atomic E-state index is 0.0599. The third-order valence-electron chi connectivity index (χ3n) is 5.24. The average molecular weight is 389 g/mol. The van der Waals surface area contributed by atoms with Crippen LogP contribution in [0.5, 0.6) is 0 Å². The van der Waals surface area contributed by atoms with E-state index in [1.165, 1.54) is 12.8 Å². The smallest absolute Gasteiger partial charge is 0.257 e. The van der Waals surface area contributed by atoms with Gasteiger partial charge in [-0.15, -0.1) is 0 Å². The highest BCUT2D eigenvalue weighted by atomic mass is 79.9. The van der Waals surface area contributed by atoms with Crippen LogP contribution in [-0.4, -0.2) is 45.8 Å². The molecule has 4 rings (SSSR count). The third-order valence-corrected chi connectivity index (χ3v) is 5.77. The van der Waals surface area contributed by atoms with Gasteiger partial charge in [0.15, 0.2) is 0 Å². The van der Waals surface area contributed by atoms with Gasteiger partial charge in [-0.25, -0.2) is 4.68 Å². The summed E-state index contributed by atoms with van der Waals surface area (Å²) in [6.07, 6.45) is 8.07. The Labute approximate surface area is 150 Å². The first-order chi connectivity index (χ1) is 11.6. The minimum atomic E-state index is 0.0599. The number of hydrogen-bond acceptors (Lipinski definition) is 3. The Kier molecular flexibility index (Phi) is 4.18. The van der Waals surface area contributed by atoms with Gasteiger partial charge in [0.2, 0.25) is 0 Å². The van der Waals surface area contributed by atoms with E-state index in [4.69, 9.17) is 0 Å². The first-order valence-electron chi connectivity index (χ1n) is 8.44. The normalized spacial score (nSPS) is 25.7. The van der Waals surface area contributed by atoms with Crippen molar-refractivity contribution in [3.05, 3.63) is 46.7 Å². The molecule has 2 atom stereocenters. The van der Waals surface area contributed by atoms with Crippen molar-refractivity contribution in [3.63, 3.8) is 0 Å². The highest BCUT2D eigenvalue weighted by Crippen LogP contribution is 2.29. The summed E-state index contributed by atoms with van der Waals surface area (Å²) in [5.41, 5.74) is 1.59. The monoisotopic (exact) mass is 388 g/mol. The first kappa shape index (κ1) is 15.8. The predicted octanol–water partition coefficient (Wildman–Crippen LogP) is 2.99. The zero-order valence-electron chi connectivity index (χ0n) is 13.7. The molecular weight excluding hydrogens is 368 g/mol. The molecule has 24 heavy (non-hydrogen) atoms. The Hall–Kier alpha value is -1.66. The molecule has 1 aromatic heterocycles. The number of halogens is 1. The zero-order valence-corrected chi connectivity index (χ0v) is 15.2. The van der Waals surface area contributed by atoms with Crippen molar-refractivity contribution < 1.29 is 4.79 Å². The van der Waals surface area contributed by atoms with Crippen molar-refractivity contribution in [3.8, 4) is 5.69 Å². The van der Waals surface area contributed by atoms with Gasteiger partial charge in [0.25, 0.3) is 5.91 Å². The van der Waals surface area contributed by atoms with Crippen LogP contribution in [0.25, 0.3) is 5.69 Å². The number of nitrogens with zero attached hydrogens (tertiary/aromatic N) is 3. The lowest BCUT2D eigenvalue weighted by molar-refractivity contribution is 0.0681. The molecule has 2 unspecified atom stereocenters. The molecule has 6 heteroatoms. The summed E-state index contributed by atoms with van der Waals surface area (Å²) < 4.78 is 2.77. The molecule has 2 saturated heterocycles. The van der Waals surface area contributed by atoms with Gasteiger partial charge in [-0.3, -0.25) is 4.79 Å². The Balaban J connectivity index is 1.49. The molecule has 5 nitrogen and oxygen atoms in total. The molecule has 0 spiro atoms. The molecule has 0 saturated carbocycles. The van der Waals surface area contributed by atoms with Crippen molar-refractivity contribution in [1.29, 1.82) is 0 Å². The molecule has 2 fully saturated rings. The zero-order chi connectivity index (χ0) is 16.7. The SMILES string of the molecule is CN(C(=O)c1cnn(-c2ccc(Br)cc2)c1)C1CC2CCC(C1)N2. The number of rotatable bonds is 3. The quantitative estimate of drug-likeness (QED) is 0.878. The number of hydrogen-bond donors (Lipinski definition) is 1. The molecule has 0 radical (unpaired) electrons. The second-order valence-electron chi connectivity index (χ2n) is 6.83. The van der Waals surface area contributed by atoms with Gasteiger partial charge in [-0.2, -0.15) is 5.10 Å². The Morgan fingerprint density at radius 2 is 1.92 bits per heavy atom. The molecule has 2 aliphatic rings. The molecule has 126 valence electrons. The van der Waals surface area contributed by atoms with Crippen molar-refractivity contribution in [2.24, 2.45) is 0 Å². The first-order valence-corrected chi connectivity index (χ1v) is 9.23. The number of amides is 1. The Morgan fingerprint density at radius 3 is 2.58 bits per heavy atom. The number of fused-ring (bicyclic) bond motifs is 2. The summed E-state index contributed by atoms with van der Waals surface area (Å²) in [7, 11) is 1.93. The van der Waals surface area contributed by atoms with Gasteiger partial charge in [0.05, 0.1) is 17.4 Å². The van der Waals surface area contributed by atoms with Gasteiger partial charge in [-0.1, -0.05) is 15.9 Å². The second-order valence-corrected chi connectivity index (χ2v) is 7.74. The van der Waals surface area contributed by atoms with Gasteiger partial charge in [0.1, 0.15) is 0 Å². The fraction of sp³-hybridized carbons (Fsp3) is 0.444. The van der Waals surface area contributed by atoms with Crippen LogP contribution in [0.2, 0.25) is 0 Å². The van der Waals surface area contributed by atoms with Crippen LogP contribution in [0.3, 0.4) is 0 Å². The van der Waals surface area contributed by atoms with E-state index < -0.39 is 0 Å². The predicted molar refractivity (Wildman–Crippen MR) is 96.3 cm³/mol. The molecule has 2 aromatic rings. The number of carbonyl (C=O) groups is 1. The molecule has 0 aliphatic carbocycles. The topological polar surface area (TPSA) is 50.2 Å². The van der Waals surface area contributed by atoms with E-state index in [1.54, 1.807) is 10.9 Å². The van der Waals surface area contributed by atoms with Crippen LogP contribution < -0.4 is 5.32 Å². The third kappa shape index (κ3) is 3.00. The van der Waals surface area contributed by atoms with Crippen LogP contribution in [0.15, 0.2) is 41.1 Å². The number of piperidine rings is 1. The highest BCUT2D eigenvalue weighted by molar-refractivity contribution is 9.10. The summed E-state index contributed by atoms with van der Waals surface area (Å²) >= 11 is 3.43. The minimum Gasteiger partial charge on any atom is -0.339 e. The lowest BCUT2D eigenvalue weighted by atomic mass is 9.98. The molecule has 1 N–H and O–H groups in total. The van der Waals surface area contributed by atoms with Crippen LogP contribution in [0.1, 0.15) is 36.0 Å². The number of nitrogens with one attached hydrogen (secondary N) is 1. The van der Waals surface area contributed by atoms with Crippen molar-refractivity contribution in [1.82, 2.24) is 20.0 Å². The standard InChI is InChI=1S/C18H21BrN4O/c1-22(17-8-14-4-5-15(9-17)21-14)18(24)12-10-20-23(11-12)16-6-2-13(19)3-7-16/h2-3,6-7,10-11,14-15,17,21H,4-5,8-9H2,1H3. The van der Waals surface area contributed by atoms with Crippen LogP contribution in [0.4, 0.5) is 0 Å². The van der Waals surface area contributed by atoms with E-state index in [0.717, 1.165) is 23.0 Å². The van der Waals surface area contributed by atoms with Gasteiger partial charge >= 0.3 is 0 Å². The highest BCUT2D eigenvalue weighted by Gasteiger charge is 2.36. The lowest BCUT2D eigenvalue weighted by Crippen LogP contribution is -2.48. The van der Waals surface area contributed by atoms with Crippen LogP contribution in [-0.2, 0) is 0 Å². The fourth-order valence-electron chi connectivity index (χ4n) is 3.88. The summed E-state index contributed by atoms with van der Waals surface area (Å²) in [6.45, 7) is 0. The van der Waals surface area contributed by atoms with Gasteiger partial charge < -0.3 is 10.2 Å². The summed E-state index contributed by atoms with van der Waals surface area (Å²) in [4.78, 5) is 14.7. The average Bonchev–Trinajstić information content (AvgIpc) is 3.21. The van der Waals surface area contributed by atoms with Crippen LogP contribution >= 0.6 is 15.9 Å². The van der Waals surface area contributed by atoms with E-state index in [1.807, 2.05) is 42.4 Å². The van der Waals surface area contributed by atoms with E-state index >= 15 is 0 Å². The molecule has 1 amide bonds. The molecular formula is C18H21BrN4O. The second kappa shape index (κ2) is 6.33. The summed E-state index contributed by atoms with van der Waals surface area (Å²) in [6, 6.07) is 9.36. The molecule has 2 aliphatic heterocycles. The molecule has 3 heterocycles. The number of aromatic nitrogens is 2. The van der Waals surface area contributed by atoms with Gasteiger partial charge in [-0.05, 0) is 49.9 Å². The number of benzene rings is 1. The van der Waals surface area contributed by atoms with E-state index in [0.29, 0.717) is 23.7 Å². The maximum Gasteiger partial charge on any atom is 0.257 e. The van der Waals surface area contributed by atoms with Crippen molar-refractivity contribution >= 4 is 21.8 Å². The summed E-state index contributed by atoms with van der Waals surface area (Å²) in [5, 5.41) is 7.97. The fourth-order valence-corrected chi connectivity index (χ4v) is 4.15. The van der Waals surface area contributed by atoms with Crippen molar-refractivity contribution in [2.75, 3.05) is 7.05 Å².